The van der Waals surface area contributed by atoms with E-state index in [9.17, 15) is 9.59 Å². The van der Waals surface area contributed by atoms with E-state index < -0.39 is 12.0 Å². The SMILES string of the molecule is NC(=O)c1cccc(-n2ccnc2)c1NC(=O)C1CCCO1. The zero-order valence-corrected chi connectivity index (χ0v) is 11.9. The first kappa shape index (κ1) is 14.3. The molecule has 1 saturated heterocycles. The molecule has 1 aromatic heterocycles. The number of anilines is 1. The van der Waals surface area contributed by atoms with Gasteiger partial charge in [-0.15, -0.1) is 0 Å². The molecule has 1 unspecified atom stereocenters. The highest BCUT2D eigenvalue weighted by molar-refractivity contribution is 6.06. The average molecular weight is 300 g/mol. The summed E-state index contributed by atoms with van der Waals surface area (Å²) >= 11 is 0. The van der Waals surface area contributed by atoms with Gasteiger partial charge in [-0.25, -0.2) is 4.98 Å². The second-order valence-electron chi connectivity index (χ2n) is 5.02. The van der Waals surface area contributed by atoms with Crippen molar-refractivity contribution in [2.24, 2.45) is 5.73 Å². The number of primary amides is 1. The summed E-state index contributed by atoms with van der Waals surface area (Å²) in [5.41, 5.74) is 6.66. The minimum Gasteiger partial charge on any atom is -0.368 e. The highest BCUT2D eigenvalue weighted by Gasteiger charge is 2.25. The summed E-state index contributed by atoms with van der Waals surface area (Å²) in [6, 6.07) is 5.06. The van der Waals surface area contributed by atoms with Gasteiger partial charge in [-0.1, -0.05) is 6.07 Å². The van der Waals surface area contributed by atoms with Crippen LogP contribution in [0.5, 0.6) is 0 Å². The third kappa shape index (κ3) is 2.71. The number of ether oxygens (including phenoxy) is 1. The Bertz CT molecular complexity index is 691. The van der Waals surface area contributed by atoms with Crippen molar-refractivity contribution in [1.82, 2.24) is 9.55 Å². The number of nitrogens with zero attached hydrogens (tertiary/aromatic N) is 2. The van der Waals surface area contributed by atoms with Crippen LogP contribution in [0.3, 0.4) is 0 Å². The fraction of sp³-hybridized carbons (Fsp3) is 0.267. The lowest BCUT2D eigenvalue weighted by atomic mass is 10.1. The molecule has 7 nitrogen and oxygen atoms in total. The van der Waals surface area contributed by atoms with Crippen LogP contribution in [0.25, 0.3) is 5.69 Å². The molecule has 1 aliphatic heterocycles. The fourth-order valence-corrected chi connectivity index (χ4v) is 2.48. The molecule has 22 heavy (non-hydrogen) atoms. The molecule has 1 atom stereocenters. The number of benzene rings is 1. The highest BCUT2D eigenvalue weighted by atomic mass is 16.5. The molecular formula is C15H16N4O3. The molecule has 3 N–H and O–H groups in total. The van der Waals surface area contributed by atoms with Crippen LogP contribution < -0.4 is 11.1 Å². The van der Waals surface area contributed by atoms with Gasteiger partial charge < -0.3 is 20.4 Å². The number of nitrogens with one attached hydrogen (secondary N) is 1. The Kier molecular flexibility index (Phi) is 3.88. The molecule has 1 aromatic carbocycles. The van der Waals surface area contributed by atoms with Crippen LogP contribution >= 0.6 is 0 Å². The second-order valence-corrected chi connectivity index (χ2v) is 5.02. The van der Waals surface area contributed by atoms with Gasteiger partial charge in [-0.05, 0) is 25.0 Å². The Labute approximate surface area is 127 Å². The quantitative estimate of drug-likeness (QED) is 0.882. The summed E-state index contributed by atoms with van der Waals surface area (Å²) in [5.74, 6) is -0.878. The largest absolute Gasteiger partial charge is 0.368 e. The number of hydrogen-bond donors (Lipinski definition) is 2. The summed E-state index contributed by atoms with van der Waals surface area (Å²) in [6.07, 6.45) is 5.96. The van der Waals surface area contributed by atoms with E-state index in [0.29, 0.717) is 24.4 Å². The second kappa shape index (κ2) is 5.98. The topological polar surface area (TPSA) is 99.2 Å². The maximum atomic E-state index is 12.3. The van der Waals surface area contributed by atoms with Crippen LogP contribution in [-0.2, 0) is 9.53 Å². The van der Waals surface area contributed by atoms with Crippen molar-refractivity contribution >= 4 is 17.5 Å². The summed E-state index contributed by atoms with van der Waals surface area (Å²) in [4.78, 5) is 27.9. The summed E-state index contributed by atoms with van der Waals surface area (Å²) in [6.45, 7) is 0.573. The number of nitrogens with two attached hydrogens (primary N) is 1. The third-order valence-electron chi connectivity index (χ3n) is 3.56. The van der Waals surface area contributed by atoms with Gasteiger partial charge in [0, 0.05) is 19.0 Å². The van der Waals surface area contributed by atoms with Gasteiger partial charge >= 0.3 is 0 Å². The van der Waals surface area contributed by atoms with Crippen molar-refractivity contribution in [2.45, 2.75) is 18.9 Å². The number of imidazole rings is 1. The van der Waals surface area contributed by atoms with E-state index >= 15 is 0 Å². The van der Waals surface area contributed by atoms with Crippen LogP contribution in [0, 0.1) is 0 Å². The van der Waals surface area contributed by atoms with Crippen molar-refractivity contribution in [1.29, 1.82) is 0 Å². The lowest BCUT2D eigenvalue weighted by Crippen LogP contribution is -2.29. The first-order chi connectivity index (χ1) is 10.7. The molecule has 0 spiro atoms. The van der Waals surface area contributed by atoms with E-state index in [-0.39, 0.29) is 11.5 Å². The minimum atomic E-state index is -0.607. The van der Waals surface area contributed by atoms with Gasteiger partial charge in [0.2, 0.25) is 0 Å². The van der Waals surface area contributed by atoms with Gasteiger partial charge in [-0.2, -0.15) is 0 Å². The molecule has 0 aliphatic carbocycles. The first-order valence-corrected chi connectivity index (χ1v) is 7.00. The molecule has 2 amide bonds. The molecular weight excluding hydrogens is 284 g/mol. The number of para-hydroxylation sites is 1. The zero-order valence-electron chi connectivity index (χ0n) is 11.9. The normalized spacial score (nSPS) is 17.4. The third-order valence-corrected chi connectivity index (χ3v) is 3.56. The van der Waals surface area contributed by atoms with Crippen molar-refractivity contribution in [3.05, 3.63) is 42.5 Å². The molecule has 2 aromatic rings. The monoisotopic (exact) mass is 300 g/mol. The molecule has 0 bridgehead atoms. The van der Waals surface area contributed by atoms with Gasteiger partial charge in [0.05, 0.1) is 23.3 Å². The van der Waals surface area contributed by atoms with E-state index in [2.05, 4.69) is 10.3 Å². The van der Waals surface area contributed by atoms with Crippen LogP contribution in [-0.4, -0.2) is 34.1 Å². The number of aromatic nitrogens is 2. The van der Waals surface area contributed by atoms with E-state index in [0.717, 1.165) is 6.42 Å². The van der Waals surface area contributed by atoms with Crippen LogP contribution in [0.2, 0.25) is 0 Å². The Balaban J connectivity index is 1.99. The predicted molar refractivity (Wildman–Crippen MR) is 79.7 cm³/mol. The van der Waals surface area contributed by atoms with Crippen molar-refractivity contribution in [3.63, 3.8) is 0 Å². The summed E-state index contributed by atoms with van der Waals surface area (Å²) in [7, 11) is 0. The highest BCUT2D eigenvalue weighted by Crippen LogP contribution is 2.26. The van der Waals surface area contributed by atoms with Crippen molar-refractivity contribution < 1.29 is 14.3 Å². The molecule has 3 rings (SSSR count). The Morgan fingerprint density at radius 3 is 2.91 bits per heavy atom. The standard InChI is InChI=1S/C15H16N4O3/c16-14(20)10-3-1-4-11(19-7-6-17-9-19)13(10)18-15(21)12-5-2-8-22-12/h1,3-4,6-7,9,12H,2,5,8H2,(H2,16,20)(H,18,21). The van der Waals surface area contributed by atoms with Crippen LogP contribution in [0.1, 0.15) is 23.2 Å². The molecule has 1 aliphatic rings. The number of carbonyl (C=O) groups is 2. The van der Waals surface area contributed by atoms with E-state index in [1.54, 1.807) is 41.5 Å². The number of amides is 2. The zero-order chi connectivity index (χ0) is 15.5. The molecule has 7 heteroatoms. The number of hydrogen-bond acceptors (Lipinski definition) is 4. The number of rotatable bonds is 4. The number of carbonyl (C=O) groups excluding carboxylic acids is 2. The average Bonchev–Trinajstić information content (AvgIpc) is 3.20. The lowest BCUT2D eigenvalue weighted by Gasteiger charge is -2.16. The van der Waals surface area contributed by atoms with Crippen molar-refractivity contribution in [3.8, 4) is 5.69 Å². The van der Waals surface area contributed by atoms with Crippen LogP contribution in [0.4, 0.5) is 5.69 Å². The van der Waals surface area contributed by atoms with Gasteiger partial charge in [0.1, 0.15) is 6.10 Å². The van der Waals surface area contributed by atoms with E-state index in [1.807, 2.05) is 0 Å². The summed E-state index contributed by atoms with van der Waals surface area (Å²) in [5, 5.41) is 2.78. The maximum absolute atomic E-state index is 12.3. The molecule has 0 radical (unpaired) electrons. The van der Waals surface area contributed by atoms with Crippen LogP contribution in [0.15, 0.2) is 36.9 Å². The van der Waals surface area contributed by atoms with Gasteiger partial charge in [0.15, 0.2) is 0 Å². The van der Waals surface area contributed by atoms with Crippen molar-refractivity contribution in [2.75, 3.05) is 11.9 Å². The maximum Gasteiger partial charge on any atom is 0.253 e. The summed E-state index contributed by atoms with van der Waals surface area (Å²) < 4.78 is 7.08. The predicted octanol–water partition coefficient (Wildman–Crippen LogP) is 1.09. The molecule has 0 saturated carbocycles. The Morgan fingerprint density at radius 1 is 1.41 bits per heavy atom. The van der Waals surface area contributed by atoms with Gasteiger partial charge in [-0.3, -0.25) is 9.59 Å². The molecule has 2 heterocycles. The fourth-order valence-electron chi connectivity index (χ4n) is 2.48. The van der Waals surface area contributed by atoms with E-state index in [4.69, 9.17) is 10.5 Å². The smallest absolute Gasteiger partial charge is 0.253 e. The first-order valence-electron chi connectivity index (χ1n) is 7.00. The minimum absolute atomic E-state index is 0.248. The van der Waals surface area contributed by atoms with Gasteiger partial charge in [0.25, 0.3) is 11.8 Å². The van der Waals surface area contributed by atoms with E-state index in [1.165, 1.54) is 0 Å². The Hall–Kier alpha value is -2.67. The Morgan fingerprint density at radius 2 is 2.27 bits per heavy atom. The molecule has 114 valence electrons. The lowest BCUT2D eigenvalue weighted by molar-refractivity contribution is -0.124. The molecule has 1 fully saturated rings.